The fourth-order valence-electron chi connectivity index (χ4n) is 3.14. The van der Waals surface area contributed by atoms with E-state index in [2.05, 4.69) is 29.7 Å². The fourth-order valence-corrected chi connectivity index (χ4v) is 3.35. The average molecular weight is 463 g/mol. The number of nitrogens with one attached hydrogen (secondary N) is 2. The molecule has 2 N–H and O–H groups in total. The van der Waals surface area contributed by atoms with Gasteiger partial charge in [0.1, 0.15) is 11.5 Å². The van der Waals surface area contributed by atoms with Crippen LogP contribution < -0.4 is 20.1 Å². The first-order valence-corrected chi connectivity index (χ1v) is 11.6. The lowest BCUT2D eigenvalue weighted by Crippen LogP contribution is -2.34. The van der Waals surface area contributed by atoms with Crippen LogP contribution in [-0.2, 0) is 6.42 Å². The van der Waals surface area contributed by atoms with Gasteiger partial charge in [0.2, 0.25) is 0 Å². The lowest BCUT2D eigenvalue weighted by molar-refractivity contribution is 0.0977. The van der Waals surface area contributed by atoms with Crippen molar-refractivity contribution in [3.05, 3.63) is 90.0 Å². The Morgan fingerprint density at radius 3 is 2.52 bits per heavy atom. The Morgan fingerprint density at radius 1 is 0.970 bits per heavy atom. The molecule has 0 aliphatic carbocycles. The third-order valence-corrected chi connectivity index (χ3v) is 5.25. The zero-order valence-electron chi connectivity index (χ0n) is 19.0. The maximum Gasteiger partial charge on any atom is 0.257 e. The molecule has 1 atom stereocenters. The number of carbonyl (C=O) groups is 1. The van der Waals surface area contributed by atoms with E-state index in [4.69, 9.17) is 21.7 Å². The van der Waals surface area contributed by atoms with Crippen LogP contribution in [-0.4, -0.2) is 23.7 Å². The Bertz CT molecular complexity index is 1060. The van der Waals surface area contributed by atoms with Crippen LogP contribution in [0.4, 0.5) is 5.69 Å². The third kappa shape index (κ3) is 8.24. The molecule has 0 aliphatic rings. The van der Waals surface area contributed by atoms with Gasteiger partial charge < -0.3 is 14.8 Å². The van der Waals surface area contributed by atoms with E-state index in [1.54, 1.807) is 18.2 Å². The third-order valence-electron chi connectivity index (χ3n) is 5.05. The lowest BCUT2D eigenvalue weighted by atomic mass is 10.1. The largest absolute Gasteiger partial charge is 0.494 e. The summed E-state index contributed by atoms with van der Waals surface area (Å²) in [5.74, 6) is 1.11. The molecule has 0 saturated carbocycles. The number of anilines is 1. The van der Waals surface area contributed by atoms with E-state index in [0.717, 1.165) is 30.7 Å². The number of thiocarbonyl (C=S) groups is 1. The minimum absolute atomic E-state index is 0.0823. The monoisotopic (exact) mass is 462 g/mol. The van der Waals surface area contributed by atoms with E-state index in [-0.39, 0.29) is 17.1 Å². The Kier molecular flexibility index (Phi) is 9.27. The molecular formula is C27H30N2O3S. The van der Waals surface area contributed by atoms with Gasteiger partial charge in [0.15, 0.2) is 5.11 Å². The number of amides is 1. The van der Waals surface area contributed by atoms with Crippen LogP contribution >= 0.6 is 12.2 Å². The van der Waals surface area contributed by atoms with Crippen molar-refractivity contribution >= 4 is 28.9 Å². The Labute approximate surface area is 201 Å². The van der Waals surface area contributed by atoms with E-state index in [1.807, 2.05) is 55.5 Å². The summed E-state index contributed by atoms with van der Waals surface area (Å²) in [6.07, 6.45) is 2.87. The van der Waals surface area contributed by atoms with Crippen LogP contribution in [0.25, 0.3) is 0 Å². The number of ether oxygens (including phenoxy) is 2. The van der Waals surface area contributed by atoms with E-state index < -0.39 is 0 Å². The molecule has 0 saturated heterocycles. The summed E-state index contributed by atoms with van der Waals surface area (Å²) in [5.41, 5.74) is 2.53. The standard InChI is InChI=1S/C27H30N2O3S/c1-3-20(2)32-25-16-7-13-22(18-25)26(30)29-27(33)28-23-14-8-15-24(19-23)31-17-9-12-21-10-5-4-6-11-21/h4-8,10-11,13-16,18-20H,3,9,12,17H2,1-2H3,(H2,28,29,30,33). The van der Waals surface area contributed by atoms with Gasteiger partial charge in [0, 0.05) is 17.3 Å². The van der Waals surface area contributed by atoms with Crippen LogP contribution in [0.15, 0.2) is 78.9 Å². The first kappa shape index (κ1) is 24.3. The van der Waals surface area contributed by atoms with Gasteiger partial charge in [0.25, 0.3) is 5.91 Å². The van der Waals surface area contributed by atoms with Crippen molar-refractivity contribution in [2.24, 2.45) is 0 Å². The molecule has 0 bridgehead atoms. The highest BCUT2D eigenvalue weighted by molar-refractivity contribution is 7.80. The van der Waals surface area contributed by atoms with Crippen molar-refractivity contribution < 1.29 is 14.3 Å². The molecule has 3 aromatic carbocycles. The normalized spacial score (nSPS) is 11.3. The Balaban J connectivity index is 1.48. The van der Waals surface area contributed by atoms with Crippen LogP contribution in [0.3, 0.4) is 0 Å². The molecule has 0 radical (unpaired) electrons. The first-order chi connectivity index (χ1) is 16.0. The second-order valence-electron chi connectivity index (χ2n) is 7.74. The second kappa shape index (κ2) is 12.6. The van der Waals surface area contributed by atoms with E-state index in [9.17, 15) is 4.79 Å². The maximum atomic E-state index is 12.6. The van der Waals surface area contributed by atoms with E-state index in [0.29, 0.717) is 17.9 Å². The zero-order valence-corrected chi connectivity index (χ0v) is 19.9. The SMILES string of the molecule is CCC(C)Oc1cccc(C(=O)NC(=S)Nc2cccc(OCCCc3ccccc3)c2)c1. The number of hydrogen-bond donors (Lipinski definition) is 2. The zero-order chi connectivity index (χ0) is 23.5. The highest BCUT2D eigenvalue weighted by Gasteiger charge is 2.10. The molecule has 1 amide bonds. The summed E-state index contributed by atoms with van der Waals surface area (Å²) in [7, 11) is 0. The van der Waals surface area contributed by atoms with Crippen molar-refractivity contribution in [2.45, 2.75) is 39.2 Å². The minimum Gasteiger partial charge on any atom is -0.494 e. The number of rotatable bonds is 10. The smallest absolute Gasteiger partial charge is 0.257 e. The van der Waals surface area contributed by atoms with E-state index in [1.165, 1.54) is 5.56 Å². The molecule has 1 unspecified atom stereocenters. The minimum atomic E-state index is -0.296. The number of hydrogen-bond acceptors (Lipinski definition) is 4. The topological polar surface area (TPSA) is 59.6 Å². The second-order valence-corrected chi connectivity index (χ2v) is 8.15. The number of aryl methyl sites for hydroxylation is 1. The molecule has 6 heteroatoms. The van der Waals surface area contributed by atoms with Crippen molar-refractivity contribution in [1.82, 2.24) is 5.32 Å². The molecule has 0 aliphatic heterocycles. The van der Waals surface area contributed by atoms with E-state index >= 15 is 0 Å². The molecule has 33 heavy (non-hydrogen) atoms. The molecular weight excluding hydrogens is 432 g/mol. The van der Waals surface area contributed by atoms with Gasteiger partial charge in [-0.3, -0.25) is 10.1 Å². The van der Waals surface area contributed by atoms with Crippen molar-refractivity contribution in [1.29, 1.82) is 0 Å². The predicted octanol–water partition coefficient (Wildman–Crippen LogP) is 6.00. The van der Waals surface area contributed by atoms with Gasteiger partial charge in [-0.2, -0.15) is 0 Å². The molecule has 0 spiro atoms. The molecule has 172 valence electrons. The van der Waals surface area contributed by atoms with Crippen LogP contribution in [0, 0.1) is 0 Å². The quantitative estimate of drug-likeness (QED) is 0.286. The predicted molar refractivity (Wildman–Crippen MR) is 137 cm³/mol. The summed E-state index contributed by atoms with van der Waals surface area (Å²) in [4.78, 5) is 12.6. The van der Waals surface area contributed by atoms with Gasteiger partial charge in [-0.15, -0.1) is 0 Å². The molecule has 0 fully saturated rings. The average Bonchev–Trinajstić information content (AvgIpc) is 2.83. The maximum absolute atomic E-state index is 12.6. The highest BCUT2D eigenvalue weighted by Crippen LogP contribution is 2.19. The van der Waals surface area contributed by atoms with Gasteiger partial charge in [0.05, 0.1) is 12.7 Å². The molecule has 3 aromatic rings. The Morgan fingerprint density at radius 2 is 1.73 bits per heavy atom. The van der Waals surface area contributed by atoms with Crippen LogP contribution in [0.5, 0.6) is 11.5 Å². The summed E-state index contributed by atoms with van der Waals surface area (Å²) in [6, 6.07) is 24.9. The van der Waals surface area contributed by atoms with Gasteiger partial charge in [-0.1, -0.05) is 49.4 Å². The van der Waals surface area contributed by atoms with Crippen molar-refractivity contribution in [3.8, 4) is 11.5 Å². The van der Waals surface area contributed by atoms with Gasteiger partial charge in [-0.25, -0.2) is 0 Å². The molecule has 0 heterocycles. The highest BCUT2D eigenvalue weighted by atomic mass is 32.1. The summed E-state index contributed by atoms with van der Waals surface area (Å²) in [6.45, 7) is 4.66. The van der Waals surface area contributed by atoms with Crippen molar-refractivity contribution in [3.63, 3.8) is 0 Å². The Hall–Kier alpha value is -3.38. The number of carbonyl (C=O) groups excluding carboxylic acids is 1. The first-order valence-electron chi connectivity index (χ1n) is 11.2. The molecule has 5 nitrogen and oxygen atoms in total. The van der Waals surface area contributed by atoms with Crippen molar-refractivity contribution in [2.75, 3.05) is 11.9 Å². The number of benzene rings is 3. The summed E-state index contributed by atoms with van der Waals surface area (Å²) in [5, 5.41) is 5.97. The fraction of sp³-hybridized carbons (Fsp3) is 0.259. The summed E-state index contributed by atoms with van der Waals surface area (Å²) < 4.78 is 11.7. The lowest BCUT2D eigenvalue weighted by Gasteiger charge is -2.14. The van der Waals surface area contributed by atoms with Gasteiger partial charge in [-0.05, 0) is 74.3 Å². The van der Waals surface area contributed by atoms with Crippen LogP contribution in [0.1, 0.15) is 42.6 Å². The summed E-state index contributed by atoms with van der Waals surface area (Å²) >= 11 is 5.32. The van der Waals surface area contributed by atoms with Gasteiger partial charge >= 0.3 is 0 Å². The molecule has 3 rings (SSSR count). The molecule has 0 aromatic heterocycles. The van der Waals surface area contributed by atoms with Crippen LogP contribution in [0.2, 0.25) is 0 Å².